The number of rotatable bonds is 6. The number of fused-ring (bicyclic) bond motifs is 2. The maximum Gasteiger partial charge on any atom is 0.329 e. The van der Waals surface area contributed by atoms with Crippen LogP contribution in [-0.2, 0) is 25.6 Å². The largest absolute Gasteiger partial charge is 0.384 e. The summed E-state index contributed by atoms with van der Waals surface area (Å²) < 4.78 is 29.6. The van der Waals surface area contributed by atoms with Crippen molar-refractivity contribution in [2.24, 2.45) is 27.6 Å². The van der Waals surface area contributed by atoms with Crippen molar-refractivity contribution in [3.05, 3.63) is 35.9 Å². The van der Waals surface area contributed by atoms with Gasteiger partial charge in [0.15, 0.2) is 0 Å². The second kappa shape index (κ2) is 6.12. The van der Waals surface area contributed by atoms with E-state index in [1.54, 1.807) is 0 Å². The summed E-state index contributed by atoms with van der Waals surface area (Å²) in [6.45, 7) is 3.97. The predicted octanol–water partition coefficient (Wildman–Crippen LogP) is 2.24. The Morgan fingerprint density at radius 3 is 2.56 bits per heavy atom. The average molecular weight is 364 g/mol. The number of hydrogen-bond acceptors (Lipinski definition) is 5. The van der Waals surface area contributed by atoms with Gasteiger partial charge in [0.1, 0.15) is 17.4 Å². The van der Waals surface area contributed by atoms with Crippen LogP contribution in [0.25, 0.3) is 0 Å². The van der Waals surface area contributed by atoms with Crippen molar-refractivity contribution in [3.63, 3.8) is 0 Å². The van der Waals surface area contributed by atoms with E-state index in [4.69, 9.17) is 10.0 Å². The van der Waals surface area contributed by atoms with Gasteiger partial charge in [-0.25, -0.2) is 0 Å². The molecule has 7 heteroatoms. The third-order valence-corrected chi connectivity index (χ3v) is 7.21. The molecule has 0 amide bonds. The van der Waals surface area contributed by atoms with Crippen LogP contribution < -0.4 is 5.73 Å². The lowest BCUT2D eigenvalue weighted by atomic mass is 9.70. The number of carbonyl (C=O) groups is 1. The highest BCUT2D eigenvalue weighted by molar-refractivity contribution is 7.86. The minimum Gasteiger partial charge on any atom is -0.384 e. The van der Waals surface area contributed by atoms with Crippen molar-refractivity contribution in [2.45, 2.75) is 39.5 Å². The van der Waals surface area contributed by atoms with Gasteiger partial charge in [0, 0.05) is 12.8 Å². The Bertz CT molecular complexity index is 802. The Balaban J connectivity index is 1.70. The molecule has 2 atom stereocenters. The fourth-order valence-corrected chi connectivity index (χ4v) is 5.92. The van der Waals surface area contributed by atoms with Gasteiger partial charge in [-0.05, 0) is 29.7 Å². The van der Waals surface area contributed by atoms with Crippen LogP contribution in [-0.4, -0.2) is 25.8 Å². The minimum atomic E-state index is -3.99. The number of nitrogens with zero attached hydrogens (tertiary/aromatic N) is 1. The van der Waals surface area contributed by atoms with E-state index in [9.17, 15) is 13.2 Å². The van der Waals surface area contributed by atoms with Crippen LogP contribution in [0.2, 0.25) is 0 Å². The normalized spacial score (nSPS) is 28.3. The molecule has 2 fully saturated rings. The standard InChI is InChI=1S/C18H24N2O4S/c1-17(2)14-8-9-18(17,15(21)11-14)12-25(22,23)24-20-16(19)10-13-6-4-3-5-7-13/h3-7,14H,8-12H2,1-2H3,(H2,19,20). The van der Waals surface area contributed by atoms with Crippen LogP contribution in [0.4, 0.5) is 0 Å². The van der Waals surface area contributed by atoms with Crippen LogP contribution >= 0.6 is 0 Å². The lowest BCUT2D eigenvalue weighted by Crippen LogP contribution is -2.42. The van der Waals surface area contributed by atoms with Gasteiger partial charge in [0.05, 0.1) is 5.41 Å². The number of Topliss-reactive ketones (excluding diaryl/α,β-unsaturated/α-hetero) is 1. The van der Waals surface area contributed by atoms with Crippen LogP contribution in [0.3, 0.4) is 0 Å². The number of ketones is 1. The van der Waals surface area contributed by atoms with Crippen molar-refractivity contribution in [1.82, 2.24) is 0 Å². The molecule has 2 saturated carbocycles. The zero-order chi connectivity index (χ0) is 18.3. The van der Waals surface area contributed by atoms with Crippen molar-refractivity contribution in [2.75, 3.05) is 5.75 Å². The summed E-state index contributed by atoms with van der Waals surface area (Å²) in [6, 6.07) is 9.35. The number of benzene rings is 1. The van der Waals surface area contributed by atoms with Crippen LogP contribution in [0.15, 0.2) is 35.5 Å². The Labute approximate surface area is 148 Å². The molecule has 0 radical (unpaired) electrons. The Morgan fingerprint density at radius 1 is 1.32 bits per heavy atom. The average Bonchev–Trinajstić information content (AvgIpc) is 2.88. The number of hydrogen-bond donors (Lipinski definition) is 1. The number of nitrogens with two attached hydrogens (primary N) is 1. The fraction of sp³-hybridized carbons (Fsp3) is 0.556. The van der Waals surface area contributed by atoms with Gasteiger partial charge in [-0.15, -0.1) is 0 Å². The summed E-state index contributed by atoms with van der Waals surface area (Å²) in [4.78, 5) is 12.4. The summed E-state index contributed by atoms with van der Waals surface area (Å²) >= 11 is 0. The van der Waals surface area contributed by atoms with Gasteiger partial charge >= 0.3 is 10.1 Å². The number of carbonyl (C=O) groups excluding carboxylic acids is 1. The van der Waals surface area contributed by atoms with Gasteiger partial charge in [0.2, 0.25) is 0 Å². The van der Waals surface area contributed by atoms with Crippen LogP contribution in [0.1, 0.15) is 38.7 Å². The van der Waals surface area contributed by atoms with E-state index in [1.165, 1.54) is 0 Å². The molecule has 0 heterocycles. The van der Waals surface area contributed by atoms with Crippen LogP contribution in [0, 0.1) is 16.7 Å². The van der Waals surface area contributed by atoms with E-state index in [0.717, 1.165) is 12.0 Å². The molecule has 136 valence electrons. The molecule has 0 spiro atoms. The first kappa shape index (κ1) is 17.9. The summed E-state index contributed by atoms with van der Waals surface area (Å²) in [5.41, 5.74) is 5.49. The quantitative estimate of drug-likeness (QED) is 0.474. The molecule has 2 bridgehead atoms. The van der Waals surface area contributed by atoms with Crippen molar-refractivity contribution < 1.29 is 17.5 Å². The molecule has 2 aliphatic rings. The minimum absolute atomic E-state index is 0.0298. The van der Waals surface area contributed by atoms with E-state index >= 15 is 0 Å². The summed E-state index contributed by atoms with van der Waals surface area (Å²) in [5, 5.41) is 3.58. The smallest absolute Gasteiger partial charge is 0.329 e. The van der Waals surface area contributed by atoms with Gasteiger partial charge in [0.25, 0.3) is 0 Å². The zero-order valence-electron chi connectivity index (χ0n) is 14.6. The summed E-state index contributed by atoms with van der Waals surface area (Å²) in [6.07, 6.45) is 2.24. The molecule has 1 aromatic rings. The van der Waals surface area contributed by atoms with Crippen molar-refractivity contribution in [1.29, 1.82) is 0 Å². The molecule has 1 aromatic carbocycles. The molecule has 6 nitrogen and oxygen atoms in total. The molecule has 0 saturated heterocycles. The topological polar surface area (TPSA) is 98.8 Å². The van der Waals surface area contributed by atoms with E-state index in [0.29, 0.717) is 19.3 Å². The van der Waals surface area contributed by atoms with Gasteiger partial charge in [-0.1, -0.05) is 49.3 Å². The van der Waals surface area contributed by atoms with Gasteiger partial charge < -0.3 is 5.73 Å². The lowest BCUT2D eigenvalue weighted by molar-refractivity contribution is -0.128. The molecule has 0 aromatic heterocycles. The van der Waals surface area contributed by atoms with E-state index < -0.39 is 15.5 Å². The first-order chi connectivity index (χ1) is 11.7. The Hall–Kier alpha value is -1.89. The maximum atomic E-state index is 12.4. The zero-order valence-corrected chi connectivity index (χ0v) is 15.4. The Kier molecular flexibility index (Phi) is 4.39. The number of amidine groups is 1. The molecule has 25 heavy (non-hydrogen) atoms. The van der Waals surface area contributed by atoms with Crippen molar-refractivity contribution in [3.8, 4) is 0 Å². The SMILES string of the molecule is CC1(C)C2CCC1(CS(=O)(=O)O/N=C(\N)Cc1ccccc1)C(=O)C2. The van der Waals surface area contributed by atoms with Crippen molar-refractivity contribution >= 4 is 21.7 Å². The van der Waals surface area contributed by atoms with E-state index in [1.807, 2.05) is 44.2 Å². The first-order valence-electron chi connectivity index (χ1n) is 8.47. The highest BCUT2D eigenvalue weighted by Crippen LogP contribution is 2.64. The first-order valence-corrected chi connectivity index (χ1v) is 10.0. The van der Waals surface area contributed by atoms with Gasteiger partial charge in [-0.2, -0.15) is 8.42 Å². The van der Waals surface area contributed by atoms with Crippen LogP contribution in [0.5, 0.6) is 0 Å². The number of oxime groups is 1. The maximum absolute atomic E-state index is 12.4. The second-order valence-electron chi connectivity index (χ2n) is 7.69. The molecule has 2 unspecified atom stereocenters. The monoisotopic (exact) mass is 364 g/mol. The van der Waals surface area contributed by atoms with Gasteiger partial charge in [-0.3, -0.25) is 9.08 Å². The van der Waals surface area contributed by atoms with E-state index in [2.05, 4.69) is 5.16 Å². The third kappa shape index (κ3) is 3.17. The predicted molar refractivity (Wildman–Crippen MR) is 95.2 cm³/mol. The highest BCUT2D eigenvalue weighted by Gasteiger charge is 2.65. The molecule has 2 N–H and O–H groups in total. The molecule has 0 aliphatic heterocycles. The van der Waals surface area contributed by atoms with E-state index in [-0.39, 0.29) is 28.7 Å². The molecular weight excluding hydrogens is 340 g/mol. The molecule has 3 rings (SSSR count). The fourth-order valence-electron chi connectivity index (χ4n) is 4.38. The molecular formula is C18H24N2O4S. The highest BCUT2D eigenvalue weighted by atomic mass is 32.2. The summed E-state index contributed by atoms with van der Waals surface area (Å²) in [5.74, 6) is 0.0300. The lowest BCUT2D eigenvalue weighted by Gasteiger charge is -2.35. The second-order valence-corrected chi connectivity index (χ2v) is 9.24. The summed E-state index contributed by atoms with van der Waals surface area (Å²) in [7, 11) is -3.99. The third-order valence-electron chi connectivity index (χ3n) is 6.06. The Morgan fingerprint density at radius 2 is 2.00 bits per heavy atom. The molecule has 2 aliphatic carbocycles.